The summed E-state index contributed by atoms with van der Waals surface area (Å²) >= 11 is 0. The summed E-state index contributed by atoms with van der Waals surface area (Å²) in [5.41, 5.74) is 7.69. The Morgan fingerprint density at radius 2 is 2.00 bits per heavy atom. The lowest BCUT2D eigenvalue weighted by Gasteiger charge is -2.14. The van der Waals surface area contributed by atoms with Crippen LogP contribution in [0.1, 0.15) is 31.7 Å². The first kappa shape index (κ1) is 16.0. The number of hydrogen-bond donors (Lipinski definition) is 1. The van der Waals surface area contributed by atoms with Crippen LogP contribution in [0.25, 0.3) is 0 Å². The summed E-state index contributed by atoms with van der Waals surface area (Å²) in [7, 11) is 0. The van der Waals surface area contributed by atoms with Gasteiger partial charge in [-0.05, 0) is 27.2 Å². The molecule has 0 aliphatic heterocycles. The van der Waals surface area contributed by atoms with Gasteiger partial charge in [-0.15, -0.1) is 0 Å². The Morgan fingerprint density at radius 3 is 2.45 bits per heavy atom. The normalized spacial score (nSPS) is 12.0. The highest BCUT2D eigenvalue weighted by atomic mass is 16.6. The molecule has 1 aromatic rings. The first-order valence-corrected chi connectivity index (χ1v) is 6.56. The molecule has 7 heteroatoms. The monoisotopic (exact) mass is 283 g/mol. The second kappa shape index (κ2) is 6.93. The standard InChI is InChI=1S/C13H21N3O4/c1-5-10(13(18)19-6-2)20-11(17)7-16-9(4)12(14)8(3)15-16/h10H,5-7,14H2,1-4H3. The molecule has 0 spiro atoms. The third-order valence-corrected chi connectivity index (χ3v) is 2.91. The first-order valence-electron chi connectivity index (χ1n) is 6.56. The maximum atomic E-state index is 11.8. The van der Waals surface area contributed by atoms with E-state index in [0.717, 1.165) is 0 Å². The minimum atomic E-state index is -0.878. The summed E-state index contributed by atoms with van der Waals surface area (Å²) in [5.74, 6) is -1.08. The van der Waals surface area contributed by atoms with Crippen molar-refractivity contribution in [3.63, 3.8) is 0 Å². The fraction of sp³-hybridized carbons (Fsp3) is 0.615. The summed E-state index contributed by atoms with van der Waals surface area (Å²) in [6.45, 7) is 7.14. The van der Waals surface area contributed by atoms with E-state index < -0.39 is 18.0 Å². The summed E-state index contributed by atoms with van der Waals surface area (Å²) in [6.07, 6.45) is -0.513. The molecule has 0 aromatic carbocycles. The maximum absolute atomic E-state index is 11.8. The zero-order chi connectivity index (χ0) is 15.3. The zero-order valence-corrected chi connectivity index (χ0v) is 12.3. The van der Waals surface area contributed by atoms with E-state index >= 15 is 0 Å². The Balaban J connectivity index is 2.66. The van der Waals surface area contributed by atoms with Crippen LogP contribution in [0.15, 0.2) is 0 Å². The van der Waals surface area contributed by atoms with Gasteiger partial charge < -0.3 is 15.2 Å². The van der Waals surface area contributed by atoms with Crippen LogP contribution in [-0.4, -0.2) is 34.4 Å². The molecule has 1 atom stereocenters. The quantitative estimate of drug-likeness (QED) is 0.781. The van der Waals surface area contributed by atoms with E-state index in [0.29, 0.717) is 23.5 Å². The summed E-state index contributed by atoms with van der Waals surface area (Å²) in [4.78, 5) is 23.4. The molecule has 0 radical (unpaired) electrons. The van der Waals surface area contributed by atoms with Crippen molar-refractivity contribution < 1.29 is 19.1 Å². The molecule has 0 aliphatic rings. The number of ether oxygens (including phenoxy) is 2. The predicted octanol–water partition coefficient (Wildman–Crippen LogP) is 0.967. The molecule has 0 bridgehead atoms. The number of carbonyl (C=O) groups excluding carboxylic acids is 2. The van der Waals surface area contributed by atoms with Crippen molar-refractivity contribution in [3.05, 3.63) is 11.4 Å². The SMILES string of the molecule is CCOC(=O)C(CC)OC(=O)Cn1nc(C)c(N)c1C. The number of aromatic nitrogens is 2. The molecule has 1 aromatic heterocycles. The van der Waals surface area contributed by atoms with Gasteiger partial charge in [0.1, 0.15) is 6.54 Å². The second-order valence-corrected chi connectivity index (χ2v) is 4.38. The molecule has 0 saturated carbocycles. The lowest BCUT2D eigenvalue weighted by molar-refractivity contribution is -0.168. The molecule has 20 heavy (non-hydrogen) atoms. The molecule has 0 saturated heterocycles. The van der Waals surface area contributed by atoms with E-state index in [2.05, 4.69) is 5.10 Å². The van der Waals surface area contributed by atoms with Gasteiger partial charge in [0.05, 0.1) is 23.7 Å². The Labute approximate surface area is 118 Å². The number of nitrogens with two attached hydrogens (primary N) is 1. The molecule has 0 amide bonds. The number of aryl methyl sites for hydroxylation is 1. The number of nitrogen functional groups attached to an aromatic ring is 1. The van der Waals surface area contributed by atoms with Gasteiger partial charge in [0, 0.05) is 0 Å². The highest BCUT2D eigenvalue weighted by molar-refractivity contribution is 5.79. The highest BCUT2D eigenvalue weighted by Crippen LogP contribution is 2.14. The Bertz CT molecular complexity index is 496. The number of anilines is 1. The van der Waals surface area contributed by atoms with Crippen molar-refractivity contribution in [2.24, 2.45) is 0 Å². The van der Waals surface area contributed by atoms with Gasteiger partial charge in [0.15, 0.2) is 6.10 Å². The number of rotatable bonds is 6. The molecular weight excluding hydrogens is 262 g/mol. The van der Waals surface area contributed by atoms with Crippen molar-refractivity contribution in [1.29, 1.82) is 0 Å². The minimum absolute atomic E-state index is 0.0836. The largest absolute Gasteiger partial charge is 0.463 e. The van der Waals surface area contributed by atoms with Gasteiger partial charge in [0.25, 0.3) is 0 Å². The van der Waals surface area contributed by atoms with Crippen LogP contribution in [0.3, 0.4) is 0 Å². The molecule has 0 aliphatic carbocycles. The summed E-state index contributed by atoms with van der Waals surface area (Å²) in [6, 6.07) is 0. The van der Waals surface area contributed by atoms with Crippen LogP contribution >= 0.6 is 0 Å². The van der Waals surface area contributed by atoms with Crippen molar-refractivity contribution in [2.75, 3.05) is 12.3 Å². The molecule has 2 N–H and O–H groups in total. The minimum Gasteiger partial charge on any atom is -0.463 e. The first-order chi connectivity index (χ1) is 9.40. The van der Waals surface area contributed by atoms with Crippen molar-refractivity contribution >= 4 is 17.6 Å². The Morgan fingerprint density at radius 1 is 1.35 bits per heavy atom. The topological polar surface area (TPSA) is 96.4 Å². The number of carbonyl (C=O) groups is 2. The highest BCUT2D eigenvalue weighted by Gasteiger charge is 2.23. The van der Waals surface area contributed by atoms with Crippen LogP contribution in [0.5, 0.6) is 0 Å². The zero-order valence-electron chi connectivity index (χ0n) is 12.3. The second-order valence-electron chi connectivity index (χ2n) is 4.38. The van der Waals surface area contributed by atoms with Crippen molar-refractivity contribution in [2.45, 2.75) is 46.8 Å². The van der Waals surface area contributed by atoms with Gasteiger partial charge in [-0.25, -0.2) is 4.79 Å². The van der Waals surface area contributed by atoms with E-state index in [9.17, 15) is 9.59 Å². The van der Waals surface area contributed by atoms with E-state index in [1.54, 1.807) is 27.7 Å². The molecular formula is C13H21N3O4. The lowest BCUT2D eigenvalue weighted by Crippen LogP contribution is -2.30. The van der Waals surface area contributed by atoms with Crippen LogP contribution in [0.2, 0.25) is 0 Å². The average molecular weight is 283 g/mol. The number of nitrogens with zero attached hydrogens (tertiary/aromatic N) is 2. The van der Waals surface area contributed by atoms with Crippen molar-refractivity contribution in [1.82, 2.24) is 9.78 Å². The fourth-order valence-corrected chi connectivity index (χ4v) is 1.72. The van der Waals surface area contributed by atoms with Gasteiger partial charge in [-0.3, -0.25) is 9.48 Å². The molecule has 1 heterocycles. The van der Waals surface area contributed by atoms with E-state index in [1.165, 1.54) is 4.68 Å². The van der Waals surface area contributed by atoms with Crippen LogP contribution in [0, 0.1) is 13.8 Å². The Kier molecular flexibility index (Phi) is 5.54. The van der Waals surface area contributed by atoms with Crippen LogP contribution < -0.4 is 5.73 Å². The third kappa shape index (κ3) is 3.72. The molecule has 112 valence electrons. The van der Waals surface area contributed by atoms with Crippen LogP contribution in [-0.2, 0) is 25.6 Å². The van der Waals surface area contributed by atoms with E-state index in [4.69, 9.17) is 15.2 Å². The molecule has 1 unspecified atom stereocenters. The molecule has 0 fully saturated rings. The maximum Gasteiger partial charge on any atom is 0.347 e. The van der Waals surface area contributed by atoms with Crippen molar-refractivity contribution in [3.8, 4) is 0 Å². The van der Waals surface area contributed by atoms with E-state index in [-0.39, 0.29) is 13.2 Å². The number of esters is 2. The average Bonchev–Trinajstić information content (AvgIpc) is 2.63. The number of hydrogen-bond acceptors (Lipinski definition) is 6. The Hall–Kier alpha value is -2.05. The van der Waals surface area contributed by atoms with Gasteiger partial charge in [-0.2, -0.15) is 5.10 Å². The molecule has 7 nitrogen and oxygen atoms in total. The van der Waals surface area contributed by atoms with Crippen LogP contribution in [0.4, 0.5) is 5.69 Å². The van der Waals surface area contributed by atoms with Gasteiger partial charge >= 0.3 is 11.9 Å². The smallest absolute Gasteiger partial charge is 0.347 e. The lowest BCUT2D eigenvalue weighted by atomic mass is 10.3. The summed E-state index contributed by atoms with van der Waals surface area (Å²) in [5, 5.41) is 4.14. The van der Waals surface area contributed by atoms with E-state index in [1.807, 2.05) is 0 Å². The summed E-state index contributed by atoms with van der Waals surface area (Å²) < 4.78 is 11.4. The van der Waals surface area contributed by atoms with Gasteiger partial charge in [0.2, 0.25) is 0 Å². The molecule has 1 rings (SSSR count). The third-order valence-electron chi connectivity index (χ3n) is 2.91. The predicted molar refractivity (Wildman–Crippen MR) is 72.9 cm³/mol. The van der Waals surface area contributed by atoms with Gasteiger partial charge in [-0.1, -0.05) is 6.92 Å². The fourth-order valence-electron chi connectivity index (χ4n) is 1.72.